The van der Waals surface area contributed by atoms with Crippen LogP contribution in [0.5, 0.6) is 0 Å². The Balaban J connectivity index is 1.43. The molecule has 4 heterocycles. The molecule has 2 bridgehead atoms. The van der Waals surface area contributed by atoms with E-state index in [1.807, 2.05) is 17.9 Å². The first-order valence-electron chi connectivity index (χ1n) is 11.3. The molecule has 1 aromatic heterocycles. The number of rotatable bonds is 4. The Bertz CT molecular complexity index is 990. The Labute approximate surface area is 181 Å². The fraction of sp³-hybridized carbons (Fsp3) is 0.542. The Morgan fingerprint density at radius 1 is 1.26 bits per heavy atom. The van der Waals surface area contributed by atoms with Gasteiger partial charge in [-0.15, -0.1) is 0 Å². The van der Waals surface area contributed by atoms with Crippen molar-refractivity contribution >= 4 is 11.8 Å². The molecule has 6 nitrogen and oxygen atoms in total. The summed E-state index contributed by atoms with van der Waals surface area (Å²) < 4.78 is 19.1. The zero-order valence-corrected chi connectivity index (χ0v) is 17.8. The molecule has 0 saturated carbocycles. The maximum atomic E-state index is 13.8. The lowest BCUT2D eigenvalue weighted by Crippen LogP contribution is -2.66. The Morgan fingerprint density at radius 2 is 2.10 bits per heavy atom. The van der Waals surface area contributed by atoms with Gasteiger partial charge in [-0.25, -0.2) is 4.39 Å². The molecule has 0 unspecified atom stereocenters. The number of piperidine rings is 3. The summed E-state index contributed by atoms with van der Waals surface area (Å²) in [5, 5.41) is 3.97. The lowest BCUT2D eigenvalue weighted by molar-refractivity contribution is -0.151. The third kappa shape index (κ3) is 3.75. The highest BCUT2D eigenvalue weighted by Crippen LogP contribution is 2.42. The number of amides is 2. The summed E-state index contributed by atoms with van der Waals surface area (Å²) in [6.07, 6.45) is 4.76. The summed E-state index contributed by atoms with van der Waals surface area (Å²) in [6.45, 7) is 3.19. The third-order valence-corrected chi connectivity index (χ3v) is 7.25. The van der Waals surface area contributed by atoms with Gasteiger partial charge in [0.2, 0.25) is 11.7 Å². The van der Waals surface area contributed by atoms with Crippen molar-refractivity contribution in [3.63, 3.8) is 0 Å². The molecule has 4 atom stereocenters. The molecule has 0 aliphatic carbocycles. The number of fused-ring (bicyclic) bond motifs is 4. The number of benzene rings is 1. The normalized spacial score (nSPS) is 27.9. The Morgan fingerprint density at radius 3 is 2.87 bits per heavy atom. The molecule has 164 valence electrons. The van der Waals surface area contributed by atoms with Crippen molar-refractivity contribution in [1.82, 2.24) is 15.0 Å². The second-order valence-electron chi connectivity index (χ2n) is 9.16. The zero-order chi connectivity index (χ0) is 21.5. The highest BCUT2D eigenvalue weighted by molar-refractivity contribution is 5.91. The molecule has 1 aromatic carbocycles. The summed E-state index contributed by atoms with van der Waals surface area (Å²) in [4.78, 5) is 30.1. The number of carbonyl (C=O) groups is 2. The van der Waals surface area contributed by atoms with Crippen LogP contribution in [-0.2, 0) is 17.6 Å². The molecular weight excluding hydrogens is 397 g/mol. The van der Waals surface area contributed by atoms with E-state index in [1.54, 1.807) is 18.2 Å². The van der Waals surface area contributed by atoms with Crippen LogP contribution in [0.3, 0.4) is 0 Å². The van der Waals surface area contributed by atoms with Crippen LogP contribution in [0.1, 0.15) is 54.4 Å². The second-order valence-corrected chi connectivity index (χ2v) is 9.16. The van der Waals surface area contributed by atoms with E-state index in [2.05, 4.69) is 10.1 Å². The predicted octanol–water partition coefficient (Wildman–Crippen LogP) is 3.46. The molecule has 3 fully saturated rings. The van der Waals surface area contributed by atoms with Crippen molar-refractivity contribution in [1.29, 1.82) is 0 Å². The molecule has 31 heavy (non-hydrogen) atoms. The van der Waals surface area contributed by atoms with Crippen molar-refractivity contribution in [3.05, 3.63) is 53.2 Å². The van der Waals surface area contributed by atoms with E-state index in [4.69, 9.17) is 4.52 Å². The van der Waals surface area contributed by atoms with Gasteiger partial charge in [-0.2, -0.15) is 0 Å². The van der Waals surface area contributed by atoms with Crippen molar-refractivity contribution in [2.75, 3.05) is 13.1 Å². The molecule has 2 amide bonds. The predicted molar refractivity (Wildman–Crippen MR) is 112 cm³/mol. The van der Waals surface area contributed by atoms with Gasteiger partial charge in [0.1, 0.15) is 5.82 Å². The van der Waals surface area contributed by atoms with Gasteiger partial charge in [-0.3, -0.25) is 9.59 Å². The highest BCUT2D eigenvalue weighted by Gasteiger charge is 2.50. The Hall–Kier alpha value is -2.70. The van der Waals surface area contributed by atoms with E-state index < -0.39 is 0 Å². The van der Waals surface area contributed by atoms with Gasteiger partial charge >= 0.3 is 0 Å². The fourth-order valence-electron chi connectivity index (χ4n) is 5.84. The summed E-state index contributed by atoms with van der Waals surface area (Å²) in [5.41, 5.74) is 1.67. The molecule has 0 radical (unpaired) electrons. The summed E-state index contributed by atoms with van der Waals surface area (Å²) in [7, 11) is 0. The van der Waals surface area contributed by atoms with Crippen LogP contribution in [-0.4, -0.2) is 51.9 Å². The lowest BCUT2D eigenvalue weighted by atomic mass is 9.70. The SMILES string of the molecule is CCc1cc(C(=O)N2C[C@H]3C[C@@H](C2)[C@H](Cc2cccc(F)c2)N2C(=O)CCC[C@@H]32)on1. The van der Waals surface area contributed by atoms with Crippen LogP contribution in [0.2, 0.25) is 0 Å². The second kappa shape index (κ2) is 8.09. The monoisotopic (exact) mass is 425 g/mol. The third-order valence-electron chi connectivity index (χ3n) is 7.25. The maximum Gasteiger partial charge on any atom is 0.292 e. The zero-order valence-electron chi connectivity index (χ0n) is 17.8. The van der Waals surface area contributed by atoms with Crippen LogP contribution in [0, 0.1) is 17.7 Å². The van der Waals surface area contributed by atoms with Gasteiger partial charge in [0.25, 0.3) is 5.91 Å². The first-order valence-corrected chi connectivity index (χ1v) is 11.3. The summed E-state index contributed by atoms with van der Waals surface area (Å²) in [5.74, 6) is 0.541. The average molecular weight is 426 g/mol. The van der Waals surface area contributed by atoms with Gasteiger partial charge in [-0.05, 0) is 61.6 Å². The number of aryl methyl sites for hydroxylation is 1. The minimum absolute atomic E-state index is 0.0209. The van der Waals surface area contributed by atoms with Gasteiger partial charge in [0.05, 0.1) is 5.69 Å². The van der Waals surface area contributed by atoms with E-state index in [-0.39, 0.29) is 47.3 Å². The van der Waals surface area contributed by atoms with Crippen LogP contribution < -0.4 is 0 Å². The first kappa shape index (κ1) is 20.2. The fourth-order valence-corrected chi connectivity index (χ4v) is 5.84. The van der Waals surface area contributed by atoms with Crippen LogP contribution in [0.25, 0.3) is 0 Å². The van der Waals surface area contributed by atoms with Crippen molar-refractivity contribution < 1.29 is 18.5 Å². The number of aromatic nitrogens is 1. The van der Waals surface area contributed by atoms with Crippen molar-refractivity contribution in [2.45, 2.75) is 57.5 Å². The Kier molecular flexibility index (Phi) is 5.28. The van der Waals surface area contributed by atoms with E-state index >= 15 is 0 Å². The number of hydrogen-bond acceptors (Lipinski definition) is 4. The highest BCUT2D eigenvalue weighted by atomic mass is 19.1. The van der Waals surface area contributed by atoms with Crippen LogP contribution >= 0.6 is 0 Å². The molecule has 7 heteroatoms. The maximum absolute atomic E-state index is 13.8. The number of nitrogens with zero attached hydrogens (tertiary/aromatic N) is 3. The smallest absolute Gasteiger partial charge is 0.292 e. The van der Waals surface area contributed by atoms with Crippen LogP contribution in [0.4, 0.5) is 4.39 Å². The molecule has 3 saturated heterocycles. The van der Waals surface area contributed by atoms with E-state index in [9.17, 15) is 14.0 Å². The average Bonchev–Trinajstić information content (AvgIpc) is 3.25. The van der Waals surface area contributed by atoms with E-state index in [0.29, 0.717) is 25.9 Å². The lowest BCUT2D eigenvalue weighted by Gasteiger charge is -2.56. The van der Waals surface area contributed by atoms with E-state index in [1.165, 1.54) is 6.07 Å². The van der Waals surface area contributed by atoms with Gasteiger partial charge in [0, 0.05) is 37.7 Å². The van der Waals surface area contributed by atoms with Crippen molar-refractivity contribution in [3.8, 4) is 0 Å². The first-order chi connectivity index (χ1) is 15.0. The molecule has 2 aromatic rings. The van der Waals surface area contributed by atoms with Crippen LogP contribution in [0.15, 0.2) is 34.9 Å². The molecule has 3 aliphatic heterocycles. The molecule has 0 spiro atoms. The number of carbonyl (C=O) groups excluding carboxylic acids is 2. The quantitative estimate of drug-likeness (QED) is 0.753. The minimum Gasteiger partial charge on any atom is -0.351 e. The van der Waals surface area contributed by atoms with E-state index in [0.717, 1.165) is 36.9 Å². The molecule has 3 aliphatic rings. The summed E-state index contributed by atoms with van der Waals surface area (Å²) >= 11 is 0. The molecule has 0 N–H and O–H groups in total. The number of hydrogen-bond donors (Lipinski definition) is 0. The standard InChI is InChI=1S/C24H28FN3O3/c1-2-19-12-22(31-26-19)24(30)27-13-16-11-17(14-27)21(10-15-5-3-6-18(25)9-15)28-20(16)7-4-8-23(28)29/h3,5-6,9,12,16-17,20-21H,2,4,7-8,10-11,13-14H2,1H3/t16-,17+,20+,21+/m1/s1. The van der Waals surface area contributed by atoms with Gasteiger partial charge < -0.3 is 14.3 Å². The van der Waals surface area contributed by atoms with Gasteiger partial charge in [-0.1, -0.05) is 24.2 Å². The number of halogens is 1. The largest absolute Gasteiger partial charge is 0.351 e. The minimum atomic E-state index is -0.259. The summed E-state index contributed by atoms with van der Waals surface area (Å²) in [6, 6.07) is 8.50. The van der Waals surface area contributed by atoms with Crippen molar-refractivity contribution in [2.24, 2.45) is 11.8 Å². The molecule has 5 rings (SSSR count). The topological polar surface area (TPSA) is 66.7 Å². The number of likely N-dealkylation sites (tertiary alicyclic amines) is 1. The van der Waals surface area contributed by atoms with Gasteiger partial charge in [0.15, 0.2) is 0 Å². The molecular formula is C24H28FN3O3.